The second kappa shape index (κ2) is 7.66. The zero-order chi connectivity index (χ0) is 21.5. The number of oxazole rings is 1. The van der Waals surface area contributed by atoms with Crippen LogP contribution in [0, 0.1) is 0 Å². The molecule has 0 unspecified atom stereocenters. The average Bonchev–Trinajstić information content (AvgIpc) is 3.26. The number of anilines is 1. The Balaban J connectivity index is 1.55. The number of fused-ring (bicyclic) bond motifs is 1. The number of hydrogen-bond donors (Lipinski definition) is 1. The number of benzene rings is 2. The van der Waals surface area contributed by atoms with E-state index < -0.39 is 5.60 Å². The maximum atomic E-state index is 12.9. The summed E-state index contributed by atoms with van der Waals surface area (Å²) in [6.07, 6.45) is 0. The lowest BCUT2D eigenvalue weighted by Gasteiger charge is -2.21. The summed E-state index contributed by atoms with van der Waals surface area (Å²) in [5.41, 5.74) is 0.985. The summed E-state index contributed by atoms with van der Waals surface area (Å²) in [6, 6.07) is 12.3. The van der Waals surface area contributed by atoms with Gasteiger partial charge < -0.3 is 19.0 Å². The number of carbonyl (C=O) groups is 1. The number of hydrogen-bond acceptors (Lipinski definition) is 6. The lowest BCUT2D eigenvalue weighted by Crippen LogP contribution is -2.28. The van der Waals surface area contributed by atoms with Crippen LogP contribution in [0.25, 0.3) is 11.5 Å². The quantitative estimate of drug-likeness (QED) is 0.629. The Morgan fingerprint density at radius 2 is 1.93 bits per heavy atom. The molecule has 0 bridgehead atoms. The summed E-state index contributed by atoms with van der Waals surface area (Å²) in [5, 5.41) is 10.5. The molecule has 7 nitrogen and oxygen atoms in total. The largest absolute Gasteiger partial charge is 0.493 e. The van der Waals surface area contributed by atoms with Crippen LogP contribution in [-0.4, -0.2) is 35.3 Å². The van der Waals surface area contributed by atoms with Crippen molar-refractivity contribution in [1.29, 1.82) is 0 Å². The van der Waals surface area contributed by atoms with E-state index in [1.165, 1.54) is 7.11 Å². The van der Waals surface area contributed by atoms with Gasteiger partial charge in [-0.25, -0.2) is 4.98 Å². The van der Waals surface area contributed by atoms with Crippen molar-refractivity contribution in [3.8, 4) is 23.0 Å². The molecule has 1 aliphatic rings. The molecule has 1 aromatic heterocycles. The number of rotatable bonds is 6. The third kappa shape index (κ3) is 3.99. The smallest absolute Gasteiger partial charge is 0.296 e. The summed E-state index contributed by atoms with van der Waals surface area (Å²) >= 11 is 5.92. The standard InChI is InChI=1S/C22H21ClN2O5/c1-22(2,27)12-29-17-9-8-15(10-18(17)28-3)25-11-16-19(21(25)26)30-20(24-16)13-4-6-14(23)7-5-13/h4-10,27H,11-12H2,1-3H3. The van der Waals surface area contributed by atoms with Gasteiger partial charge in [-0.2, -0.15) is 0 Å². The Kier molecular flexibility index (Phi) is 5.17. The second-order valence-electron chi connectivity index (χ2n) is 7.63. The molecule has 0 saturated heterocycles. The first-order valence-electron chi connectivity index (χ1n) is 9.36. The van der Waals surface area contributed by atoms with E-state index >= 15 is 0 Å². The van der Waals surface area contributed by atoms with Gasteiger partial charge >= 0.3 is 0 Å². The predicted molar refractivity (Wildman–Crippen MR) is 112 cm³/mol. The highest BCUT2D eigenvalue weighted by Crippen LogP contribution is 2.37. The number of ether oxygens (including phenoxy) is 2. The highest BCUT2D eigenvalue weighted by Gasteiger charge is 2.35. The molecule has 1 aliphatic heterocycles. The van der Waals surface area contributed by atoms with Crippen molar-refractivity contribution in [2.24, 2.45) is 0 Å². The Hall–Kier alpha value is -3.03. The van der Waals surface area contributed by atoms with Gasteiger partial charge in [0.05, 0.1) is 19.3 Å². The van der Waals surface area contributed by atoms with E-state index in [0.717, 1.165) is 5.56 Å². The van der Waals surface area contributed by atoms with Crippen LogP contribution in [0.15, 0.2) is 46.9 Å². The molecule has 8 heteroatoms. The van der Waals surface area contributed by atoms with E-state index in [1.807, 2.05) is 0 Å². The number of amides is 1. The van der Waals surface area contributed by atoms with Crippen LogP contribution in [-0.2, 0) is 6.54 Å². The summed E-state index contributed by atoms with van der Waals surface area (Å²) in [5.74, 6) is 1.28. The minimum atomic E-state index is -0.976. The normalized spacial score (nSPS) is 13.5. The van der Waals surface area contributed by atoms with Crippen LogP contribution in [0.1, 0.15) is 30.1 Å². The van der Waals surface area contributed by atoms with Crippen LogP contribution in [0.2, 0.25) is 5.02 Å². The van der Waals surface area contributed by atoms with E-state index in [2.05, 4.69) is 4.98 Å². The molecule has 1 amide bonds. The molecule has 0 saturated carbocycles. The predicted octanol–water partition coefficient (Wildman–Crippen LogP) is 4.31. The van der Waals surface area contributed by atoms with Crippen molar-refractivity contribution in [3.05, 3.63) is 58.9 Å². The maximum Gasteiger partial charge on any atom is 0.296 e. The summed E-state index contributed by atoms with van der Waals surface area (Å²) in [7, 11) is 1.52. The van der Waals surface area contributed by atoms with E-state index in [1.54, 1.807) is 61.2 Å². The Bertz CT molecular complexity index is 1090. The molecule has 0 radical (unpaired) electrons. The van der Waals surface area contributed by atoms with Gasteiger partial charge in [0.25, 0.3) is 5.91 Å². The molecule has 0 aliphatic carbocycles. The van der Waals surface area contributed by atoms with E-state index in [-0.39, 0.29) is 24.8 Å². The zero-order valence-corrected chi connectivity index (χ0v) is 17.6. The van der Waals surface area contributed by atoms with Crippen molar-refractivity contribution in [2.75, 3.05) is 18.6 Å². The van der Waals surface area contributed by atoms with Crippen LogP contribution in [0.4, 0.5) is 5.69 Å². The van der Waals surface area contributed by atoms with Gasteiger partial charge in [-0.15, -0.1) is 0 Å². The number of methoxy groups -OCH3 is 1. The molecule has 0 fully saturated rings. The van der Waals surface area contributed by atoms with Crippen molar-refractivity contribution in [3.63, 3.8) is 0 Å². The van der Waals surface area contributed by atoms with Gasteiger partial charge in [0.2, 0.25) is 11.7 Å². The van der Waals surface area contributed by atoms with Crippen molar-refractivity contribution >= 4 is 23.2 Å². The van der Waals surface area contributed by atoms with Crippen molar-refractivity contribution in [1.82, 2.24) is 4.98 Å². The summed E-state index contributed by atoms with van der Waals surface area (Å²) < 4.78 is 16.8. The fourth-order valence-corrected chi connectivity index (χ4v) is 3.22. The molecule has 156 valence electrons. The van der Waals surface area contributed by atoms with Gasteiger partial charge in [-0.3, -0.25) is 9.69 Å². The molecule has 2 aromatic carbocycles. The fraction of sp³-hybridized carbons (Fsp3) is 0.273. The fourth-order valence-electron chi connectivity index (χ4n) is 3.09. The zero-order valence-electron chi connectivity index (χ0n) is 16.8. The molecule has 2 heterocycles. The number of nitrogens with zero attached hydrogens (tertiary/aromatic N) is 2. The van der Waals surface area contributed by atoms with E-state index in [0.29, 0.717) is 33.8 Å². The Morgan fingerprint density at radius 3 is 2.57 bits per heavy atom. The molecule has 1 N–H and O–H groups in total. The maximum absolute atomic E-state index is 12.9. The topological polar surface area (TPSA) is 85.0 Å². The molecular formula is C22H21ClN2O5. The van der Waals surface area contributed by atoms with Gasteiger partial charge in [0.15, 0.2) is 11.5 Å². The molecule has 0 atom stereocenters. The highest BCUT2D eigenvalue weighted by atomic mass is 35.5. The molecule has 0 spiro atoms. The molecule has 4 rings (SSSR count). The Morgan fingerprint density at radius 1 is 1.20 bits per heavy atom. The second-order valence-corrected chi connectivity index (χ2v) is 8.07. The molecule has 3 aromatic rings. The number of carbonyl (C=O) groups excluding carboxylic acids is 1. The highest BCUT2D eigenvalue weighted by molar-refractivity contribution is 6.30. The first-order chi connectivity index (χ1) is 14.2. The minimum absolute atomic E-state index is 0.108. The van der Waals surface area contributed by atoms with Crippen LogP contribution in [0.3, 0.4) is 0 Å². The lowest BCUT2D eigenvalue weighted by atomic mass is 10.2. The first-order valence-corrected chi connectivity index (χ1v) is 9.74. The number of aliphatic hydroxyl groups is 1. The Labute approximate surface area is 178 Å². The van der Waals surface area contributed by atoms with Crippen LogP contribution < -0.4 is 14.4 Å². The van der Waals surface area contributed by atoms with Gasteiger partial charge in [0.1, 0.15) is 12.3 Å². The van der Waals surface area contributed by atoms with E-state index in [4.69, 9.17) is 25.5 Å². The third-order valence-electron chi connectivity index (χ3n) is 4.58. The molecular weight excluding hydrogens is 408 g/mol. The van der Waals surface area contributed by atoms with Crippen LogP contribution >= 0.6 is 11.6 Å². The third-order valence-corrected chi connectivity index (χ3v) is 4.83. The van der Waals surface area contributed by atoms with Crippen molar-refractivity contribution < 1.29 is 23.8 Å². The van der Waals surface area contributed by atoms with Crippen molar-refractivity contribution in [2.45, 2.75) is 26.0 Å². The summed E-state index contributed by atoms with van der Waals surface area (Å²) in [4.78, 5) is 18.9. The average molecular weight is 429 g/mol. The van der Waals surface area contributed by atoms with E-state index in [9.17, 15) is 9.90 Å². The van der Waals surface area contributed by atoms with Gasteiger partial charge in [0, 0.05) is 22.3 Å². The summed E-state index contributed by atoms with van der Waals surface area (Å²) in [6.45, 7) is 3.71. The lowest BCUT2D eigenvalue weighted by molar-refractivity contribution is 0.0276. The van der Waals surface area contributed by atoms with Crippen LogP contribution in [0.5, 0.6) is 11.5 Å². The SMILES string of the molecule is COc1cc(N2Cc3nc(-c4ccc(Cl)cc4)oc3C2=O)ccc1OCC(C)(C)O. The monoisotopic (exact) mass is 428 g/mol. The number of halogens is 1. The van der Waals surface area contributed by atoms with Gasteiger partial charge in [-0.1, -0.05) is 11.6 Å². The minimum Gasteiger partial charge on any atom is -0.493 e. The first kappa shape index (κ1) is 20.3. The molecule has 30 heavy (non-hydrogen) atoms. The van der Waals surface area contributed by atoms with Gasteiger partial charge in [-0.05, 0) is 50.2 Å². The number of aromatic nitrogens is 1.